The Kier molecular flexibility index (Phi) is 7.38. The van der Waals surface area contributed by atoms with Gasteiger partial charge in [-0.15, -0.1) is 0 Å². The number of piperidine rings is 1. The molecule has 0 aromatic heterocycles. The number of likely N-dealkylation sites (tertiary alicyclic amines) is 1. The number of carbonyl (C=O) groups is 2. The van der Waals surface area contributed by atoms with Crippen molar-refractivity contribution in [3.05, 3.63) is 71.0 Å². The van der Waals surface area contributed by atoms with Crippen molar-refractivity contribution in [3.63, 3.8) is 0 Å². The minimum Gasteiger partial charge on any atom is -0.445 e. The molecule has 0 bridgehead atoms. The fraction of sp³-hybridized carbons (Fsp3) is 0.440. The lowest BCUT2D eigenvalue weighted by Crippen LogP contribution is -2.49. The predicted molar refractivity (Wildman–Crippen MR) is 120 cm³/mol. The number of ether oxygens (including phenoxy) is 2. The smallest absolute Gasteiger partial charge is 0.410 e. The summed E-state index contributed by atoms with van der Waals surface area (Å²) in [5, 5.41) is 2.91. The number of rotatable bonds is 4. The molecule has 1 aliphatic heterocycles. The van der Waals surface area contributed by atoms with Crippen molar-refractivity contribution in [2.24, 2.45) is 0 Å². The Morgan fingerprint density at radius 3 is 2.53 bits per heavy atom. The van der Waals surface area contributed by atoms with Crippen LogP contribution >= 0.6 is 0 Å². The third kappa shape index (κ3) is 6.45. The number of benzene rings is 2. The molecule has 2 atom stereocenters. The molecule has 7 heteroatoms. The number of alkyl carbamates (subject to hydrolysis) is 1. The van der Waals surface area contributed by atoms with Gasteiger partial charge in [0.15, 0.2) is 0 Å². The summed E-state index contributed by atoms with van der Waals surface area (Å²) in [7, 11) is 0. The Morgan fingerprint density at radius 1 is 1.16 bits per heavy atom. The van der Waals surface area contributed by atoms with Crippen LogP contribution in [0.4, 0.5) is 14.0 Å². The number of nitrogens with zero attached hydrogens (tertiary/aromatic N) is 1. The van der Waals surface area contributed by atoms with Gasteiger partial charge < -0.3 is 19.7 Å². The molecule has 2 aromatic rings. The number of nitrogens with one attached hydrogen (secondary N) is 1. The molecule has 6 nitrogen and oxygen atoms in total. The van der Waals surface area contributed by atoms with Crippen LogP contribution in [0.5, 0.6) is 0 Å². The molecule has 1 aliphatic rings. The van der Waals surface area contributed by atoms with E-state index in [0.717, 1.165) is 16.7 Å². The van der Waals surface area contributed by atoms with Crippen molar-refractivity contribution in [2.75, 3.05) is 6.54 Å². The van der Waals surface area contributed by atoms with E-state index in [1.54, 1.807) is 11.0 Å². The number of carbonyl (C=O) groups excluding carboxylic acids is 2. The van der Waals surface area contributed by atoms with Gasteiger partial charge in [0.2, 0.25) is 0 Å². The second kappa shape index (κ2) is 10.0. The summed E-state index contributed by atoms with van der Waals surface area (Å²) in [5.74, 6) is -0.330. The summed E-state index contributed by atoms with van der Waals surface area (Å²) in [6.07, 6.45) is 0.123. The molecule has 32 heavy (non-hydrogen) atoms. The van der Waals surface area contributed by atoms with Crippen molar-refractivity contribution in [2.45, 2.75) is 64.8 Å². The van der Waals surface area contributed by atoms with Crippen molar-refractivity contribution in [3.8, 4) is 0 Å². The van der Waals surface area contributed by atoms with Crippen molar-refractivity contribution in [1.29, 1.82) is 0 Å². The third-order valence-electron chi connectivity index (χ3n) is 5.35. The van der Waals surface area contributed by atoms with E-state index in [1.807, 2.05) is 58.0 Å². The average molecular weight is 443 g/mol. The van der Waals surface area contributed by atoms with E-state index >= 15 is 0 Å². The monoisotopic (exact) mass is 442 g/mol. The summed E-state index contributed by atoms with van der Waals surface area (Å²) in [6.45, 7) is 7.81. The zero-order valence-electron chi connectivity index (χ0n) is 19.1. The zero-order valence-corrected chi connectivity index (χ0v) is 19.1. The first-order valence-electron chi connectivity index (χ1n) is 10.9. The number of halogens is 1. The number of amides is 2. The topological polar surface area (TPSA) is 67.9 Å². The molecule has 0 saturated carbocycles. The van der Waals surface area contributed by atoms with Crippen LogP contribution in [-0.2, 0) is 16.1 Å². The van der Waals surface area contributed by atoms with Gasteiger partial charge >= 0.3 is 12.2 Å². The van der Waals surface area contributed by atoms with Crippen molar-refractivity contribution in [1.82, 2.24) is 10.2 Å². The summed E-state index contributed by atoms with van der Waals surface area (Å²) in [6, 6.07) is 13.5. The molecule has 1 fully saturated rings. The Balaban J connectivity index is 1.75. The maximum Gasteiger partial charge on any atom is 0.410 e. The lowest BCUT2D eigenvalue weighted by molar-refractivity contribution is 0.0414. The van der Waals surface area contributed by atoms with E-state index in [0.29, 0.717) is 19.4 Å². The molecule has 0 aliphatic carbocycles. The second-order valence-corrected chi connectivity index (χ2v) is 9.12. The third-order valence-corrected chi connectivity index (χ3v) is 5.35. The van der Waals surface area contributed by atoms with Gasteiger partial charge in [0, 0.05) is 12.6 Å². The van der Waals surface area contributed by atoms with Crippen LogP contribution in [0.3, 0.4) is 0 Å². The van der Waals surface area contributed by atoms with Crippen molar-refractivity contribution < 1.29 is 23.5 Å². The highest BCUT2D eigenvalue weighted by atomic mass is 19.1. The maximum absolute atomic E-state index is 13.7. The molecule has 1 heterocycles. The van der Waals surface area contributed by atoms with Gasteiger partial charge in [-0.2, -0.15) is 0 Å². The van der Waals surface area contributed by atoms with Crippen LogP contribution in [0.1, 0.15) is 56.3 Å². The number of hydrogen-bond acceptors (Lipinski definition) is 4. The molecule has 172 valence electrons. The fourth-order valence-corrected chi connectivity index (χ4v) is 3.90. The van der Waals surface area contributed by atoms with Gasteiger partial charge in [-0.1, -0.05) is 36.4 Å². The largest absolute Gasteiger partial charge is 0.445 e. The van der Waals surface area contributed by atoms with E-state index in [-0.39, 0.29) is 24.5 Å². The number of hydrogen-bond donors (Lipinski definition) is 1. The van der Waals surface area contributed by atoms with Gasteiger partial charge in [0.25, 0.3) is 0 Å². The summed E-state index contributed by atoms with van der Waals surface area (Å²) in [4.78, 5) is 26.9. The van der Waals surface area contributed by atoms with Gasteiger partial charge in [-0.3, -0.25) is 0 Å². The van der Waals surface area contributed by atoms with Crippen LogP contribution in [0.15, 0.2) is 48.5 Å². The Labute approximate surface area is 188 Å². The highest BCUT2D eigenvalue weighted by Crippen LogP contribution is 2.34. The highest BCUT2D eigenvalue weighted by molar-refractivity contribution is 5.70. The SMILES string of the molecule is Cc1cc(F)ccc1[C@H]1C[C@H](NC(=O)OC(C)(C)C)CCN1C(=O)OCc1ccccc1. The summed E-state index contributed by atoms with van der Waals surface area (Å²) < 4.78 is 24.7. The first kappa shape index (κ1) is 23.6. The molecule has 1 saturated heterocycles. The Bertz CT molecular complexity index is 943. The molecular weight excluding hydrogens is 411 g/mol. The first-order chi connectivity index (χ1) is 15.1. The van der Waals surface area contributed by atoms with Crippen LogP contribution in [0, 0.1) is 12.7 Å². The van der Waals surface area contributed by atoms with E-state index in [9.17, 15) is 14.0 Å². The molecule has 0 unspecified atom stereocenters. The molecule has 0 radical (unpaired) electrons. The molecule has 2 amide bonds. The molecule has 0 spiro atoms. The highest BCUT2D eigenvalue weighted by Gasteiger charge is 2.35. The molecular formula is C25H31FN2O4. The van der Waals surface area contributed by atoms with Crippen LogP contribution in [0.25, 0.3) is 0 Å². The predicted octanol–water partition coefficient (Wildman–Crippen LogP) is 5.50. The molecule has 3 rings (SSSR count). The van der Waals surface area contributed by atoms with Crippen LogP contribution < -0.4 is 5.32 Å². The Hall–Kier alpha value is -3.09. The van der Waals surface area contributed by atoms with E-state index in [1.165, 1.54) is 12.1 Å². The lowest BCUT2D eigenvalue weighted by atomic mass is 9.89. The first-order valence-corrected chi connectivity index (χ1v) is 10.9. The second-order valence-electron chi connectivity index (χ2n) is 9.12. The average Bonchev–Trinajstić information content (AvgIpc) is 2.71. The van der Waals surface area contributed by atoms with Crippen LogP contribution in [-0.4, -0.2) is 35.3 Å². The summed E-state index contributed by atoms with van der Waals surface area (Å²) in [5.41, 5.74) is 1.88. The van der Waals surface area contributed by atoms with Gasteiger partial charge in [0.1, 0.15) is 18.0 Å². The standard InChI is InChI=1S/C25H31FN2O4/c1-17-14-19(26)10-11-21(17)22-15-20(27-23(29)32-25(2,3)4)12-13-28(22)24(30)31-16-18-8-6-5-7-9-18/h5-11,14,20,22H,12-13,15-16H2,1-4H3,(H,27,29)/t20-,22-/m1/s1. The van der Waals surface area contributed by atoms with Gasteiger partial charge in [-0.25, -0.2) is 14.0 Å². The molecule has 2 aromatic carbocycles. The normalized spacial score (nSPS) is 18.7. The minimum atomic E-state index is -0.598. The van der Waals surface area contributed by atoms with E-state index < -0.39 is 17.8 Å². The van der Waals surface area contributed by atoms with Crippen molar-refractivity contribution >= 4 is 12.2 Å². The van der Waals surface area contributed by atoms with Crippen LogP contribution in [0.2, 0.25) is 0 Å². The zero-order chi connectivity index (χ0) is 23.3. The molecule has 1 N–H and O–H groups in total. The fourth-order valence-electron chi connectivity index (χ4n) is 3.90. The minimum absolute atomic E-state index is 0.172. The lowest BCUT2D eigenvalue weighted by Gasteiger charge is -2.40. The van der Waals surface area contributed by atoms with Gasteiger partial charge in [-0.05, 0) is 69.4 Å². The quantitative estimate of drug-likeness (QED) is 0.679. The summed E-state index contributed by atoms with van der Waals surface area (Å²) >= 11 is 0. The Morgan fingerprint density at radius 2 is 1.88 bits per heavy atom. The van der Waals surface area contributed by atoms with E-state index in [4.69, 9.17) is 9.47 Å². The van der Waals surface area contributed by atoms with E-state index in [2.05, 4.69) is 5.32 Å². The number of aryl methyl sites for hydroxylation is 1. The maximum atomic E-state index is 13.7. The van der Waals surface area contributed by atoms with Gasteiger partial charge in [0.05, 0.1) is 6.04 Å².